The molecule has 0 bridgehead atoms. The van der Waals surface area contributed by atoms with Crippen LogP contribution in [-0.2, 0) is 12.8 Å². The van der Waals surface area contributed by atoms with Crippen LogP contribution in [0.3, 0.4) is 0 Å². The van der Waals surface area contributed by atoms with E-state index in [0.29, 0.717) is 0 Å². The molecule has 26 heavy (non-hydrogen) atoms. The second kappa shape index (κ2) is 6.76. The van der Waals surface area contributed by atoms with Gasteiger partial charge in [-0.2, -0.15) is 0 Å². The Morgan fingerprint density at radius 1 is 1.23 bits per heavy atom. The van der Waals surface area contributed by atoms with Gasteiger partial charge in [0, 0.05) is 30.5 Å². The summed E-state index contributed by atoms with van der Waals surface area (Å²) in [5.74, 6) is 2.68. The van der Waals surface area contributed by atoms with Crippen molar-refractivity contribution in [1.29, 1.82) is 0 Å². The average Bonchev–Trinajstić information content (AvgIpc) is 2.87. The highest BCUT2D eigenvalue weighted by Gasteiger charge is 2.34. The maximum absolute atomic E-state index is 6.18. The lowest BCUT2D eigenvalue weighted by Gasteiger charge is -2.38. The third kappa shape index (κ3) is 3.33. The number of methoxy groups -OCH3 is 1. The van der Waals surface area contributed by atoms with Crippen molar-refractivity contribution in [2.75, 3.05) is 25.5 Å². The maximum atomic E-state index is 6.18. The molecular weight excluding hydrogens is 328 g/mol. The van der Waals surface area contributed by atoms with Crippen LogP contribution in [0.5, 0.6) is 11.5 Å². The zero-order chi connectivity index (χ0) is 18.1. The number of benzene rings is 1. The van der Waals surface area contributed by atoms with Crippen LogP contribution in [0, 0.1) is 0 Å². The Kier molecular flexibility index (Phi) is 4.44. The van der Waals surface area contributed by atoms with Gasteiger partial charge in [-0.25, -0.2) is 9.97 Å². The number of nitrogens with zero attached hydrogens (tertiary/aromatic N) is 2. The number of rotatable bonds is 3. The van der Waals surface area contributed by atoms with Gasteiger partial charge in [-0.15, -0.1) is 0 Å². The van der Waals surface area contributed by atoms with Gasteiger partial charge >= 0.3 is 0 Å². The largest absolute Gasteiger partial charge is 0.497 e. The van der Waals surface area contributed by atoms with E-state index in [1.165, 1.54) is 5.56 Å². The predicted octanol–water partition coefficient (Wildman–Crippen LogP) is 2.89. The Balaban J connectivity index is 1.70. The van der Waals surface area contributed by atoms with Crippen molar-refractivity contribution in [3.8, 4) is 11.5 Å². The molecule has 2 N–H and O–H groups in total. The van der Waals surface area contributed by atoms with Crippen molar-refractivity contribution in [3.05, 3.63) is 41.3 Å². The van der Waals surface area contributed by atoms with Crippen molar-refractivity contribution < 1.29 is 9.47 Å². The molecule has 1 aromatic heterocycles. The third-order valence-electron chi connectivity index (χ3n) is 5.11. The number of ether oxygens (including phenoxy) is 2. The minimum atomic E-state index is -0.245. The topological polar surface area (TPSA) is 68.3 Å². The van der Waals surface area contributed by atoms with Gasteiger partial charge in [-0.1, -0.05) is 0 Å². The van der Waals surface area contributed by atoms with E-state index >= 15 is 0 Å². The summed E-state index contributed by atoms with van der Waals surface area (Å²) in [5.41, 5.74) is 3.24. The van der Waals surface area contributed by atoms with Gasteiger partial charge < -0.3 is 20.1 Å². The Labute approximate surface area is 154 Å². The summed E-state index contributed by atoms with van der Waals surface area (Å²) in [6.07, 6.45) is 4.40. The lowest BCUT2D eigenvalue weighted by Crippen LogP contribution is -2.37. The number of hydrogen-bond acceptors (Lipinski definition) is 6. The first-order chi connectivity index (χ1) is 12.6. The number of fused-ring (bicyclic) bond motifs is 2. The van der Waals surface area contributed by atoms with E-state index < -0.39 is 0 Å². The molecule has 2 aromatic rings. The Morgan fingerprint density at radius 3 is 2.92 bits per heavy atom. The number of aromatic nitrogens is 2. The molecule has 0 radical (unpaired) electrons. The molecule has 2 aliphatic rings. The fraction of sp³-hybridized carbons (Fsp3) is 0.500. The molecule has 6 nitrogen and oxygen atoms in total. The molecule has 1 unspecified atom stereocenters. The SMILES string of the molecule is COc1ccc2c(c1)C(Nc1ncnc3c1CCNCC3)CC(C)(C)O2. The molecule has 6 heteroatoms. The van der Waals surface area contributed by atoms with Crippen LogP contribution in [0.15, 0.2) is 24.5 Å². The summed E-state index contributed by atoms with van der Waals surface area (Å²) in [4.78, 5) is 9.07. The van der Waals surface area contributed by atoms with Crippen molar-refractivity contribution >= 4 is 5.82 Å². The Morgan fingerprint density at radius 2 is 2.08 bits per heavy atom. The molecule has 0 aliphatic carbocycles. The van der Waals surface area contributed by atoms with Crippen LogP contribution in [0.25, 0.3) is 0 Å². The van der Waals surface area contributed by atoms with Gasteiger partial charge in [0.05, 0.1) is 18.8 Å². The van der Waals surface area contributed by atoms with E-state index in [4.69, 9.17) is 9.47 Å². The van der Waals surface area contributed by atoms with Crippen molar-refractivity contribution in [3.63, 3.8) is 0 Å². The van der Waals surface area contributed by atoms with Crippen molar-refractivity contribution in [2.45, 2.75) is 44.8 Å². The summed E-state index contributed by atoms with van der Waals surface area (Å²) in [6, 6.07) is 6.11. The first-order valence-corrected chi connectivity index (χ1v) is 9.23. The van der Waals surface area contributed by atoms with Crippen LogP contribution < -0.4 is 20.1 Å². The standard InChI is InChI=1S/C20H26N4O2/c1-20(2)11-17(15-10-13(25-3)4-5-18(15)26-20)24-19-14-6-8-21-9-7-16(14)22-12-23-19/h4-5,10,12,17,21H,6-9,11H2,1-3H3,(H,22,23,24). The third-order valence-corrected chi connectivity index (χ3v) is 5.11. The highest BCUT2D eigenvalue weighted by atomic mass is 16.5. The molecule has 0 saturated carbocycles. The quantitative estimate of drug-likeness (QED) is 0.883. The van der Waals surface area contributed by atoms with E-state index in [0.717, 1.165) is 60.9 Å². The predicted molar refractivity (Wildman–Crippen MR) is 101 cm³/mol. The van der Waals surface area contributed by atoms with Crippen LogP contribution in [-0.4, -0.2) is 35.8 Å². The van der Waals surface area contributed by atoms with Gasteiger partial charge in [0.15, 0.2) is 0 Å². The van der Waals surface area contributed by atoms with E-state index in [2.05, 4.69) is 40.5 Å². The molecule has 0 fully saturated rings. The van der Waals surface area contributed by atoms with Crippen molar-refractivity contribution in [1.82, 2.24) is 15.3 Å². The van der Waals surface area contributed by atoms with E-state index in [1.54, 1.807) is 13.4 Å². The minimum absolute atomic E-state index is 0.110. The van der Waals surface area contributed by atoms with E-state index in [9.17, 15) is 0 Å². The molecular formula is C20H26N4O2. The fourth-order valence-corrected chi connectivity index (χ4v) is 3.85. The molecule has 3 heterocycles. The maximum Gasteiger partial charge on any atom is 0.133 e. The highest BCUT2D eigenvalue weighted by Crippen LogP contribution is 2.42. The molecule has 0 saturated heterocycles. The van der Waals surface area contributed by atoms with Crippen molar-refractivity contribution in [2.24, 2.45) is 0 Å². The smallest absolute Gasteiger partial charge is 0.133 e. The van der Waals surface area contributed by atoms with Crippen LogP contribution in [0.1, 0.15) is 43.1 Å². The number of nitrogens with one attached hydrogen (secondary N) is 2. The lowest BCUT2D eigenvalue weighted by molar-refractivity contribution is 0.0756. The monoisotopic (exact) mass is 354 g/mol. The van der Waals surface area contributed by atoms with Gasteiger partial charge in [-0.3, -0.25) is 0 Å². The summed E-state index contributed by atoms with van der Waals surface area (Å²) >= 11 is 0. The molecule has 0 amide bonds. The fourth-order valence-electron chi connectivity index (χ4n) is 3.85. The number of anilines is 1. The van der Waals surface area contributed by atoms with Crippen LogP contribution in [0.4, 0.5) is 5.82 Å². The Bertz CT molecular complexity index is 806. The Hall–Kier alpha value is -2.34. The number of hydrogen-bond donors (Lipinski definition) is 2. The summed E-state index contributed by atoms with van der Waals surface area (Å²) in [7, 11) is 1.69. The van der Waals surface area contributed by atoms with Crippen LogP contribution >= 0.6 is 0 Å². The molecule has 1 atom stereocenters. The minimum Gasteiger partial charge on any atom is -0.497 e. The van der Waals surface area contributed by atoms with E-state index in [1.807, 2.05) is 12.1 Å². The highest BCUT2D eigenvalue weighted by molar-refractivity contribution is 5.52. The molecule has 1 aromatic carbocycles. The first-order valence-electron chi connectivity index (χ1n) is 9.23. The van der Waals surface area contributed by atoms with Crippen LogP contribution in [0.2, 0.25) is 0 Å². The second-order valence-electron chi connectivity index (χ2n) is 7.56. The summed E-state index contributed by atoms with van der Waals surface area (Å²) in [6.45, 7) is 6.17. The van der Waals surface area contributed by atoms with Gasteiger partial charge in [0.1, 0.15) is 29.2 Å². The first kappa shape index (κ1) is 17.1. The van der Waals surface area contributed by atoms with Gasteiger partial charge in [-0.05, 0) is 45.0 Å². The summed E-state index contributed by atoms with van der Waals surface area (Å²) in [5, 5.41) is 7.12. The normalized spacial score (nSPS) is 21.0. The summed E-state index contributed by atoms with van der Waals surface area (Å²) < 4.78 is 11.6. The van der Waals surface area contributed by atoms with Gasteiger partial charge in [0.2, 0.25) is 0 Å². The lowest BCUT2D eigenvalue weighted by atomic mass is 9.89. The molecule has 2 aliphatic heterocycles. The molecule has 0 spiro atoms. The molecule has 138 valence electrons. The molecule has 4 rings (SSSR count). The zero-order valence-electron chi connectivity index (χ0n) is 15.6. The zero-order valence-corrected chi connectivity index (χ0v) is 15.6. The second-order valence-corrected chi connectivity index (χ2v) is 7.56. The van der Waals surface area contributed by atoms with Gasteiger partial charge in [0.25, 0.3) is 0 Å². The van der Waals surface area contributed by atoms with E-state index in [-0.39, 0.29) is 11.6 Å². The average molecular weight is 354 g/mol.